The van der Waals surface area contributed by atoms with E-state index >= 15 is 14.4 Å². The summed E-state index contributed by atoms with van der Waals surface area (Å²) in [5, 5.41) is 25.4. The molecule has 7 atom stereocenters. The minimum atomic E-state index is -1.51. The zero-order chi connectivity index (χ0) is 39.7. The van der Waals surface area contributed by atoms with Crippen LogP contribution in [0.2, 0.25) is 0 Å². The summed E-state index contributed by atoms with van der Waals surface area (Å²) in [5.41, 5.74) is -0.0767. The Balaban J connectivity index is 1.29. The third-order valence-electron chi connectivity index (χ3n) is 15.9. The number of methoxy groups -OCH3 is 1. The van der Waals surface area contributed by atoms with E-state index < -0.39 is 59.5 Å². The molecule has 2 saturated heterocycles. The van der Waals surface area contributed by atoms with E-state index in [0.29, 0.717) is 44.2 Å². The molecule has 0 radical (unpaired) electrons. The number of carbonyl (C=O) groups is 4. The Kier molecular flexibility index (Phi) is 13.0. The van der Waals surface area contributed by atoms with Gasteiger partial charge in [0.2, 0.25) is 11.8 Å². The van der Waals surface area contributed by atoms with Gasteiger partial charge >= 0.3 is 12.1 Å². The van der Waals surface area contributed by atoms with Crippen LogP contribution in [0, 0.1) is 35.0 Å². The van der Waals surface area contributed by atoms with Crippen molar-refractivity contribution in [2.24, 2.45) is 35.0 Å². The summed E-state index contributed by atoms with van der Waals surface area (Å²) in [4.78, 5) is 64.4. The molecule has 0 aromatic rings. The van der Waals surface area contributed by atoms with Crippen molar-refractivity contribution in [1.82, 2.24) is 15.1 Å². The summed E-state index contributed by atoms with van der Waals surface area (Å²) in [5.74, 6) is -2.06. The van der Waals surface area contributed by atoms with Crippen LogP contribution in [-0.2, 0) is 28.6 Å². The molecule has 5 aliphatic carbocycles. The number of hydrogen-bond acceptors (Lipinski definition) is 10. The maximum atomic E-state index is 16.0. The zero-order valence-electron chi connectivity index (χ0n) is 34.4. The summed E-state index contributed by atoms with van der Waals surface area (Å²) >= 11 is 0. The number of esters is 1. The molecule has 57 heavy (non-hydrogen) atoms. The number of nitrogens with zero attached hydrogens (tertiary/aromatic N) is 2. The summed E-state index contributed by atoms with van der Waals surface area (Å²) in [7, 11) is 1.53. The van der Waals surface area contributed by atoms with Crippen molar-refractivity contribution in [2.75, 3.05) is 26.9 Å². The first kappa shape index (κ1) is 41.2. The van der Waals surface area contributed by atoms with Gasteiger partial charge in [-0.15, -0.1) is 0 Å². The summed E-state index contributed by atoms with van der Waals surface area (Å²) in [6, 6.07) is -1.74. The molecule has 0 aromatic heterocycles. The van der Waals surface area contributed by atoms with E-state index in [4.69, 9.17) is 14.2 Å². The minimum absolute atomic E-state index is 0.0183. The van der Waals surface area contributed by atoms with Crippen molar-refractivity contribution in [3.8, 4) is 0 Å². The molecule has 6 fully saturated rings. The minimum Gasteiger partial charge on any atom is -0.459 e. The third-order valence-corrected chi connectivity index (χ3v) is 15.9. The lowest BCUT2D eigenvalue weighted by Gasteiger charge is -2.53. The molecule has 12 nitrogen and oxygen atoms in total. The van der Waals surface area contributed by atoms with Crippen LogP contribution in [0.4, 0.5) is 4.79 Å². The molecular formula is C45H69N3O9. The van der Waals surface area contributed by atoms with E-state index in [1.807, 2.05) is 0 Å². The van der Waals surface area contributed by atoms with Gasteiger partial charge in [-0.1, -0.05) is 57.8 Å². The molecule has 0 aromatic carbocycles. The number of aliphatic hydroxyl groups excluding tert-OH is 2. The number of allylic oxidation sites excluding steroid dienone is 1. The van der Waals surface area contributed by atoms with E-state index in [1.165, 1.54) is 18.4 Å². The number of cyclic esters (lactones) is 1. The number of imide groups is 1. The molecule has 12 heteroatoms. The van der Waals surface area contributed by atoms with Crippen LogP contribution in [0.3, 0.4) is 0 Å². The predicted octanol–water partition coefficient (Wildman–Crippen LogP) is 6.16. The van der Waals surface area contributed by atoms with Crippen LogP contribution in [0.1, 0.15) is 148 Å². The average Bonchev–Trinajstić information content (AvgIpc) is 3.70. The molecule has 3 amide bonds. The molecule has 0 bridgehead atoms. The Morgan fingerprint density at radius 2 is 1.44 bits per heavy atom. The van der Waals surface area contributed by atoms with E-state index in [-0.39, 0.29) is 55.6 Å². The van der Waals surface area contributed by atoms with Crippen molar-refractivity contribution in [2.45, 2.75) is 184 Å². The van der Waals surface area contributed by atoms with E-state index in [0.717, 1.165) is 108 Å². The number of aliphatic hydroxyl groups is 2. The Hall–Kier alpha value is -2.54. The van der Waals surface area contributed by atoms with E-state index in [2.05, 4.69) is 10.2 Å². The topological polar surface area (TPSA) is 155 Å². The lowest BCUT2D eigenvalue weighted by molar-refractivity contribution is -0.190. The highest BCUT2D eigenvalue weighted by atomic mass is 16.6. The van der Waals surface area contributed by atoms with Crippen LogP contribution < -0.4 is 5.32 Å². The second kappa shape index (κ2) is 18.0. The average molecular weight is 796 g/mol. The number of ether oxygens (including phenoxy) is 3. The quantitative estimate of drug-likeness (QED) is 0.173. The maximum absolute atomic E-state index is 16.0. The lowest BCUT2D eigenvalue weighted by atomic mass is 9.60. The number of nitrogens with one attached hydrogen (secondary N) is 1. The van der Waals surface area contributed by atoms with Gasteiger partial charge in [-0.25, -0.2) is 9.69 Å². The number of rotatable bonds is 10. The molecule has 3 aliphatic heterocycles. The number of hydrogen-bond donors (Lipinski definition) is 3. The maximum Gasteiger partial charge on any atom is 0.421 e. The van der Waals surface area contributed by atoms with Gasteiger partial charge in [-0.3, -0.25) is 19.3 Å². The van der Waals surface area contributed by atoms with Gasteiger partial charge in [-0.2, -0.15) is 0 Å². The summed E-state index contributed by atoms with van der Waals surface area (Å²) < 4.78 is 17.7. The molecule has 0 unspecified atom stereocenters. The molecular weight excluding hydrogens is 727 g/mol. The van der Waals surface area contributed by atoms with Gasteiger partial charge in [0.05, 0.1) is 30.8 Å². The van der Waals surface area contributed by atoms with Gasteiger partial charge in [0.1, 0.15) is 24.2 Å². The SMILES string of the molecule is COCCOC(=O)N1C(=O)[C@@]2(C3=C1CCCC3)[C@H](C(=O)NC[C@H](O)C1CCCCC1)[C@H]1C(=O)O[C@H](C3CCCCC3)[C@H](C3CCCCC3)N1[C@@H]2C1CCC(O)CC1. The molecule has 1 spiro atoms. The molecule has 318 valence electrons. The highest BCUT2D eigenvalue weighted by Gasteiger charge is 2.77. The van der Waals surface area contributed by atoms with Crippen molar-refractivity contribution in [3.05, 3.63) is 11.3 Å². The van der Waals surface area contributed by atoms with Crippen molar-refractivity contribution in [3.63, 3.8) is 0 Å². The predicted molar refractivity (Wildman–Crippen MR) is 211 cm³/mol. The first-order valence-corrected chi connectivity index (χ1v) is 23.1. The van der Waals surface area contributed by atoms with Crippen molar-refractivity contribution >= 4 is 23.9 Å². The molecule has 3 heterocycles. The molecule has 8 aliphatic rings. The number of fused-ring (bicyclic) bond motifs is 2. The third kappa shape index (κ3) is 7.60. The Morgan fingerprint density at radius 3 is 2.11 bits per heavy atom. The second-order valence-electron chi connectivity index (χ2n) is 19.0. The highest BCUT2D eigenvalue weighted by Crippen LogP contribution is 2.64. The normalized spacial score (nSPS) is 36.5. The van der Waals surface area contributed by atoms with Crippen LogP contribution >= 0.6 is 0 Å². The van der Waals surface area contributed by atoms with Gasteiger partial charge in [0.15, 0.2) is 0 Å². The van der Waals surface area contributed by atoms with Crippen LogP contribution in [0.5, 0.6) is 0 Å². The first-order chi connectivity index (χ1) is 27.8. The first-order valence-electron chi connectivity index (χ1n) is 23.1. The van der Waals surface area contributed by atoms with Crippen molar-refractivity contribution in [1.29, 1.82) is 0 Å². The smallest absolute Gasteiger partial charge is 0.421 e. The van der Waals surface area contributed by atoms with Gasteiger partial charge in [0.25, 0.3) is 0 Å². The summed E-state index contributed by atoms with van der Waals surface area (Å²) in [6.07, 6.45) is 18.6. The Bertz CT molecular complexity index is 1490. The number of amides is 3. The monoisotopic (exact) mass is 796 g/mol. The molecule has 3 N–H and O–H groups in total. The zero-order valence-corrected chi connectivity index (χ0v) is 34.4. The lowest BCUT2D eigenvalue weighted by Crippen LogP contribution is -2.66. The fraction of sp³-hybridized carbons (Fsp3) is 0.867. The Labute approximate surface area is 339 Å². The van der Waals surface area contributed by atoms with Crippen LogP contribution in [0.15, 0.2) is 11.3 Å². The second-order valence-corrected chi connectivity index (χ2v) is 19.0. The van der Waals surface area contributed by atoms with Crippen molar-refractivity contribution < 1.29 is 43.6 Å². The molecule has 8 rings (SSSR count). The molecule has 4 saturated carbocycles. The van der Waals surface area contributed by atoms with Crippen LogP contribution in [0.25, 0.3) is 0 Å². The number of carbonyl (C=O) groups excluding carboxylic acids is 4. The standard InChI is InChI=1S/C45H69N3O9/c1-55-25-26-56-44(54)47-34-20-12-11-19-33(34)45(43(47)53)36(41(51)46-27-35(50)28-13-5-2-6-14-28)38-42(52)57-39(30-17-9-4-10-18-30)37(29-15-7-3-8-16-29)48(38)40(45)31-21-23-32(49)24-22-31/h28-32,35-40,49-50H,2-27H2,1H3,(H,46,51)/t31?,32?,35-,36-,37-,38-,39+,40+,45-/m0/s1. The summed E-state index contributed by atoms with van der Waals surface area (Å²) in [6.45, 7) is 0.201. The number of morpholine rings is 1. The fourth-order valence-corrected chi connectivity index (χ4v) is 13.4. The van der Waals surface area contributed by atoms with E-state index in [1.54, 1.807) is 0 Å². The van der Waals surface area contributed by atoms with Crippen LogP contribution in [-0.4, -0.2) is 107 Å². The van der Waals surface area contributed by atoms with E-state index in [9.17, 15) is 15.0 Å². The fourth-order valence-electron chi connectivity index (χ4n) is 13.4. The van der Waals surface area contributed by atoms with Gasteiger partial charge < -0.3 is 29.7 Å². The van der Waals surface area contributed by atoms with Gasteiger partial charge in [-0.05, 0) is 119 Å². The largest absolute Gasteiger partial charge is 0.459 e. The Morgan fingerprint density at radius 1 is 0.807 bits per heavy atom. The van der Waals surface area contributed by atoms with Gasteiger partial charge in [0, 0.05) is 25.4 Å². The highest BCUT2D eigenvalue weighted by molar-refractivity contribution is 6.07.